The van der Waals surface area contributed by atoms with Crippen LogP contribution in [0.3, 0.4) is 0 Å². The normalized spacial score (nSPS) is 10.5. The lowest BCUT2D eigenvalue weighted by Crippen LogP contribution is -1.99. The Labute approximate surface area is 80.2 Å². The zero-order valence-electron chi connectivity index (χ0n) is 7.27. The molecule has 2 aromatic rings. The van der Waals surface area contributed by atoms with Crippen molar-refractivity contribution < 1.29 is 0 Å². The number of rotatable bonds is 2. The average molecular weight is 194 g/mol. The molecule has 13 heavy (non-hydrogen) atoms. The van der Waals surface area contributed by atoms with Crippen LogP contribution >= 0.6 is 11.5 Å². The molecule has 0 unspecified atom stereocenters. The van der Waals surface area contributed by atoms with Gasteiger partial charge in [-0.15, -0.1) is 0 Å². The molecule has 2 N–H and O–H groups in total. The average Bonchev–Trinajstić information content (AvgIpc) is 2.64. The first-order valence-corrected chi connectivity index (χ1v) is 4.72. The van der Waals surface area contributed by atoms with Crippen LogP contribution in [0.5, 0.6) is 0 Å². The fraction of sp³-hybridized carbons (Fsp3) is 0.250. The molecule has 68 valence electrons. The Kier molecular flexibility index (Phi) is 2.02. The van der Waals surface area contributed by atoms with Crippen molar-refractivity contribution in [2.75, 3.05) is 5.73 Å². The van der Waals surface area contributed by atoms with Gasteiger partial charge in [0.1, 0.15) is 5.82 Å². The lowest BCUT2D eigenvalue weighted by molar-refractivity contribution is 0.698. The second-order valence-corrected chi connectivity index (χ2v) is 3.79. The van der Waals surface area contributed by atoms with Gasteiger partial charge < -0.3 is 5.73 Å². The summed E-state index contributed by atoms with van der Waals surface area (Å²) >= 11 is 1.48. The lowest BCUT2D eigenvalue weighted by atomic mass is 10.4. The Hall–Kier alpha value is -1.36. The lowest BCUT2D eigenvalue weighted by Gasteiger charge is -1.95. The molecule has 5 heteroatoms. The van der Waals surface area contributed by atoms with Crippen molar-refractivity contribution in [1.29, 1.82) is 0 Å². The smallest absolute Gasteiger partial charge is 0.148 e. The molecule has 0 aliphatic heterocycles. The van der Waals surface area contributed by atoms with Crippen molar-refractivity contribution in [2.24, 2.45) is 0 Å². The number of aromatic nitrogens is 3. The van der Waals surface area contributed by atoms with Crippen LogP contribution in [0, 0.1) is 6.92 Å². The summed E-state index contributed by atoms with van der Waals surface area (Å²) < 4.78 is 5.85. The van der Waals surface area contributed by atoms with E-state index in [-0.39, 0.29) is 0 Å². The minimum Gasteiger partial charge on any atom is -0.382 e. The van der Waals surface area contributed by atoms with Crippen LogP contribution in [0.1, 0.15) is 10.4 Å². The third kappa shape index (κ3) is 1.70. The fourth-order valence-electron chi connectivity index (χ4n) is 1.10. The monoisotopic (exact) mass is 194 g/mol. The van der Waals surface area contributed by atoms with Gasteiger partial charge in [-0.1, -0.05) is 0 Å². The van der Waals surface area contributed by atoms with Gasteiger partial charge in [-0.25, -0.2) is 4.37 Å². The molecule has 2 aromatic heterocycles. The second kappa shape index (κ2) is 3.18. The minimum atomic E-state index is 0.601. The zero-order chi connectivity index (χ0) is 9.26. The maximum absolute atomic E-state index is 5.63. The number of nitrogens with zero attached hydrogens (tertiary/aromatic N) is 3. The van der Waals surface area contributed by atoms with Gasteiger partial charge in [-0.05, 0) is 24.5 Å². The van der Waals surface area contributed by atoms with E-state index in [1.54, 1.807) is 6.20 Å². The van der Waals surface area contributed by atoms with E-state index >= 15 is 0 Å². The summed E-state index contributed by atoms with van der Waals surface area (Å²) in [6.45, 7) is 2.70. The summed E-state index contributed by atoms with van der Waals surface area (Å²) in [6, 6.07) is 1.98. The first-order chi connectivity index (χ1) is 6.25. The van der Waals surface area contributed by atoms with Gasteiger partial charge in [0.15, 0.2) is 0 Å². The number of anilines is 1. The summed E-state index contributed by atoms with van der Waals surface area (Å²) in [5.74, 6) is 0.601. The van der Waals surface area contributed by atoms with Crippen molar-refractivity contribution in [2.45, 2.75) is 13.5 Å². The predicted molar refractivity (Wildman–Crippen MR) is 52.6 cm³/mol. The molecular formula is C8H10N4S. The van der Waals surface area contributed by atoms with Crippen LogP contribution in [0.4, 0.5) is 5.82 Å². The van der Waals surface area contributed by atoms with Gasteiger partial charge in [0.05, 0.1) is 6.54 Å². The number of aryl methyl sites for hydroxylation is 1. The van der Waals surface area contributed by atoms with Crippen molar-refractivity contribution in [1.82, 2.24) is 14.2 Å². The highest BCUT2D eigenvalue weighted by atomic mass is 32.1. The van der Waals surface area contributed by atoms with Crippen molar-refractivity contribution in [3.8, 4) is 0 Å². The van der Waals surface area contributed by atoms with Gasteiger partial charge in [0, 0.05) is 22.8 Å². The molecule has 0 amide bonds. The van der Waals surface area contributed by atoms with Crippen LogP contribution in [-0.2, 0) is 6.54 Å². The maximum atomic E-state index is 5.63. The molecule has 4 nitrogen and oxygen atoms in total. The molecule has 0 fully saturated rings. The van der Waals surface area contributed by atoms with E-state index in [0.717, 1.165) is 12.1 Å². The fourth-order valence-corrected chi connectivity index (χ4v) is 1.67. The van der Waals surface area contributed by atoms with E-state index in [2.05, 4.69) is 9.47 Å². The van der Waals surface area contributed by atoms with E-state index in [0.29, 0.717) is 5.82 Å². The topological polar surface area (TPSA) is 56.7 Å². The molecule has 2 heterocycles. The Morgan fingerprint density at radius 2 is 2.46 bits per heavy atom. The molecule has 0 saturated carbocycles. The van der Waals surface area contributed by atoms with Crippen molar-refractivity contribution in [3.05, 3.63) is 28.9 Å². The summed E-state index contributed by atoms with van der Waals surface area (Å²) in [5.41, 5.74) is 6.64. The number of nitrogen functional groups attached to an aromatic ring is 1. The molecule has 0 radical (unpaired) electrons. The Morgan fingerprint density at radius 3 is 3.00 bits per heavy atom. The first-order valence-electron chi connectivity index (χ1n) is 3.95. The Bertz CT molecular complexity index is 371. The zero-order valence-corrected chi connectivity index (χ0v) is 8.08. The SMILES string of the molecule is Cc1cn(Cc2ccns2)nc1N. The van der Waals surface area contributed by atoms with Gasteiger partial charge in [0.2, 0.25) is 0 Å². The molecule has 0 aliphatic carbocycles. The summed E-state index contributed by atoms with van der Waals surface area (Å²) in [7, 11) is 0. The summed E-state index contributed by atoms with van der Waals surface area (Å²) in [6.07, 6.45) is 3.73. The molecule has 0 bridgehead atoms. The van der Waals surface area contributed by atoms with Crippen molar-refractivity contribution >= 4 is 17.4 Å². The third-order valence-electron chi connectivity index (χ3n) is 1.79. The van der Waals surface area contributed by atoms with Crippen molar-refractivity contribution in [3.63, 3.8) is 0 Å². The molecular weight excluding hydrogens is 184 g/mol. The van der Waals surface area contributed by atoms with Gasteiger partial charge in [-0.2, -0.15) is 5.10 Å². The molecule has 0 atom stereocenters. The summed E-state index contributed by atoms with van der Waals surface area (Å²) in [5, 5.41) is 4.16. The van der Waals surface area contributed by atoms with Crippen LogP contribution in [0.2, 0.25) is 0 Å². The largest absolute Gasteiger partial charge is 0.382 e. The number of nitrogens with two attached hydrogens (primary N) is 1. The van der Waals surface area contributed by atoms with E-state index < -0.39 is 0 Å². The highest BCUT2D eigenvalue weighted by Gasteiger charge is 2.01. The van der Waals surface area contributed by atoms with Gasteiger partial charge >= 0.3 is 0 Å². The van der Waals surface area contributed by atoms with Crippen LogP contribution in [-0.4, -0.2) is 14.2 Å². The second-order valence-electron chi connectivity index (χ2n) is 2.87. The molecule has 0 aliphatic rings. The number of hydrogen-bond acceptors (Lipinski definition) is 4. The summed E-state index contributed by atoms with van der Waals surface area (Å²) in [4.78, 5) is 1.18. The highest BCUT2D eigenvalue weighted by Crippen LogP contribution is 2.10. The molecule has 2 rings (SSSR count). The van der Waals surface area contributed by atoms with Crippen LogP contribution < -0.4 is 5.73 Å². The van der Waals surface area contributed by atoms with E-state index in [1.807, 2.05) is 23.9 Å². The molecule has 0 aromatic carbocycles. The molecule has 0 spiro atoms. The van der Waals surface area contributed by atoms with Gasteiger partial charge in [0.25, 0.3) is 0 Å². The van der Waals surface area contributed by atoms with Gasteiger partial charge in [-0.3, -0.25) is 4.68 Å². The first kappa shape index (κ1) is 8.25. The third-order valence-corrected chi connectivity index (χ3v) is 2.52. The maximum Gasteiger partial charge on any atom is 0.148 e. The van der Waals surface area contributed by atoms with E-state index in [4.69, 9.17) is 5.73 Å². The van der Waals surface area contributed by atoms with Crippen LogP contribution in [0.15, 0.2) is 18.5 Å². The Morgan fingerprint density at radius 1 is 1.62 bits per heavy atom. The predicted octanol–water partition coefficient (Wildman–Crippen LogP) is 1.28. The van der Waals surface area contributed by atoms with Crippen LogP contribution in [0.25, 0.3) is 0 Å². The minimum absolute atomic E-state index is 0.601. The van der Waals surface area contributed by atoms with E-state index in [9.17, 15) is 0 Å². The number of hydrogen-bond donors (Lipinski definition) is 1. The highest BCUT2D eigenvalue weighted by molar-refractivity contribution is 7.05. The van der Waals surface area contributed by atoms with E-state index in [1.165, 1.54) is 16.4 Å². The molecule has 0 saturated heterocycles. The quantitative estimate of drug-likeness (QED) is 0.783. The standard InChI is InChI=1S/C8H10N4S/c1-6-4-12(11-8(6)9)5-7-2-3-10-13-7/h2-4H,5H2,1H3,(H2,9,11). The Balaban J connectivity index is 2.19.